The van der Waals surface area contributed by atoms with Gasteiger partial charge < -0.3 is 0 Å². The van der Waals surface area contributed by atoms with Crippen molar-refractivity contribution in [2.75, 3.05) is 0 Å². The summed E-state index contributed by atoms with van der Waals surface area (Å²) >= 11 is 0. The van der Waals surface area contributed by atoms with Crippen LogP contribution in [0.4, 0.5) is 0 Å². The predicted molar refractivity (Wildman–Crippen MR) is 222 cm³/mol. The van der Waals surface area contributed by atoms with E-state index in [2.05, 4.69) is 108 Å². The minimum atomic E-state index is 0.615. The van der Waals surface area contributed by atoms with E-state index in [0.717, 1.165) is 72.3 Å². The topological polar surface area (TPSA) is 69.4 Å². The van der Waals surface area contributed by atoms with E-state index in [-0.39, 0.29) is 0 Å². The van der Waals surface area contributed by atoms with Crippen LogP contribution in [0.25, 0.3) is 95.6 Å². The summed E-state index contributed by atoms with van der Waals surface area (Å²) in [5, 5.41) is 2.07. The average molecular weight is 705 g/mol. The second-order valence-corrected chi connectivity index (χ2v) is 13.3. The molecule has 0 amide bonds. The Hall–Kier alpha value is -7.57. The number of hydrogen-bond donors (Lipinski definition) is 0. The van der Waals surface area contributed by atoms with Crippen molar-refractivity contribution in [1.82, 2.24) is 29.5 Å². The molecule has 0 aliphatic rings. The summed E-state index contributed by atoms with van der Waals surface area (Å²) in [5.41, 5.74) is 10.7. The van der Waals surface area contributed by atoms with Gasteiger partial charge in [0.05, 0.1) is 16.6 Å². The number of fused-ring (bicyclic) bond motifs is 3. The molecule has 0 atom stereocenters. The fourth-order valence-corrected chi connectivity index (χ4v) is 7.22. The molecule has 10 aromatic rings. The Morgan fingerprint density at radius 2 is 0.745 bits per heavy atom. The molecular formula is C49H32N6. The van der Waals surface area contributed by atoms with E-state index < -0.39 is 0 Å². The molecule has 55 heavy (non-hydrogen) atoms. The molecule has 0 aliphatic heterocycles. The number of benzene rings is 7. The second-order valence-electron chi connectivity index (χ2n) is 13.3. The molecule has 6 nitrogen and oxygen atoms in total. The Morgan fingerprint density at radius 3 is 1.31 bits per heavy atom. The van der Waals surface area contributed by atoms with E-state index >= 15 is 0 Å². The first-order chi connectivity index (χ1) is 27.3. The number of hydrogen-bond acceptors (Lipinski definition) is 5. The maximum Gasteiger partial charge on any atom is 0.164 e. The minimum absolute atomic E-state index is 0.615. The summed E-state index contributed by atoms with van der Waals surface area (Å²) in [7, 11) is 0. The van der Waals surface area contributed by atoms with Crippen LogP contribution in [0.5, 0.6) is 0 Å². The molecule has 258 valence electrons. The highest BCUT2D eigenvalue weighted by atomic mass is 15.1. The quantitative estimate of drug-likeness (QED) is 0.165. The molecule has 3 heterocycles. The van der Waals surface area contributed by atoms with Crippen LogP contribution in [-0.4, -0.2) is 29.5 Å². The van der Waals surface area contributed by atoms with Gasteiger partial charge in [0, 0.05) is 38.9 Å². The summed E-state index contributed by atoms with van der Waals surface area (Å²) in [6, 6.07) is 66.3. The van der Waals surface area contributed by atoms with Crippen LogP contribution < -0.4 is 0 Å². The molecule has 10 rings (SSSR count). The van der Waals surface area contributed by atoms with E-state index in [1.165, 1.54) is 0 Å². The minimum Gasteiger partial charge on any atom is -0.294 e. The average Bonchev–Trinajstić information content (AvgIpc) is 3.61. The Labute approximate surface area is 318 Å². The first kappa shape index (κ1) is 32.1. The predicted octanol–water partition coefficient (Wildman–Crippen LogP) is 11.8. The summed E-state index contributed by atoms with van der Waals surface area (Å²) in [5.74, 6) is 2.56. The van der Waals surface area contributed by atoms with Gasteiger partial charge >= 0.3 is 0 Å². The van der Waals surface area contributed by atoms with Crippen molar-refractivity contribution in [2.45, 2.75) is 0 Å². The lowest BCUT2D eigenvalue weighted by molar-refractivity contribution is 1.07. The fraction of sp³-hybridized carbons (Fsp3) is 0. The molecule has 3 aromatic heterocycles. The first-order valence-corrected chi connectivity index (χ1v) is 18.3. The highest BCUT2D eigenvalue weighted by Crippen LogP contribution is 2.40. The monoisotopic (exact) mass is 704 g/mol. The van der Waals surface area contributed by atoms with Gasteiger partial charge in [-0.2, -0.15) is 0 Å². The van der Waals surface area contributed by atoms with E-state index in [1.807, 2.05) is 91.0 Å². The van der Waals surface area contributed by atoms with Crippen LogP contribution in [0.3, 0.4) is 0 Å². The number of rotatable bonds is 7. The lowest BCUT2D eigenvalue weighted by atomic mass is 9.99. The molecule has 0 unspecified atom stereocenters. The molecular weight excluding hydrogens is 673 g/mol. The van der Waals surface area contributed by atoms with Gasteiger partial charge in [-0.3, -0.25) is 4.57 Å². The second kappa shape index (κ2) is 13.8. The zero-order valence-corrected chi connectivity index (χ0v) is 29.7. The van der Waals surface area contributed by atoms with Crippen LogP contribution in [-0.2, 0) is 0 Å². The fourth-order valence-electron chi connectivity index (χ4n) is 7.22. The van der Waals surface area contributed by atoms with E-state index in [1.54, 1.807) is 0 Å². The third kappa shape index (κ3) is 6.02. The van der Waals surface area contributed by atoms with E-state index in [9.17, 15) is 0 Å². The summed E-state index contributed by atoms with van der Waals surface area (Å²) in [6.07, 6.45) is 0. The van der Waals surface area contributed by atoms with Gasteiger partial charge in [-0.15, -0.1) is 0 Å². The van der Waals surface area contributed by atoms with Crippen molar-refractivity contribution in [3.05, 3.63) is 194 Å². The van der Waals surface area contributed by atoms with Crippen LogP contribution in [0.2, 0.25) is 0 Å². The Kier molecular flexibility index (Phi) is 8.04. The van der Waals surface area contributed by atoms with Crippen LogP contribution in [0, 0.1) is 0 Å². The molecule has 0 radical (unpaired) electrons. The zero-order valence-electron chi connectivity index (χ0n) is 29.7. The molecule has 7 aromatic carbocycles. The number of para-hydroxylation sites is 1. The Balaban J connectivity index is 1.18. The highest BCUT2D eigenvalue weighted by Gasteiger charge is 2.22. The SMILES string of the molecule is c1ccc(-c2nc(-c3ccccc3)nc(-c3cccc(-c4ccc5c(c4)c4c(-c6ccccc6)nc(-c6ccccc6)nc4n5-c4ccccc4)c3)n2)cc1. The maximum atomic E-state index is 5.30. The van der Waals surface area contributed by atoms with Crippen molar-refractivity contribution in [2.24, 2.45) is 0 Å². The van der Waals surface area contributed by atoms with E-state index in [4.69, 9.17) is 24.9 Å². The molecule has 0 N–H and O–H groups in total. The molecule has 0 spiro atoms. The summed E-state index contributed by atoms with van der Waals surface area (Å²) < 4.78 is 2.26. The normalized spacial score (nSPS) is 11.3. The van der Waals surface area contributed by atoms with Crippen molar-refractivity contribution in [3.8, 4) is 73.6 Å². The lowest BCUT2D eigenvalue weighted by Crippen LogP contribution is -2.00. The maximum absolute atomic E-state index is 5.30. The van der Waals surface area contributed by atoms with Crippen molar-refractivity contribution in [1.29, 1.82) is 0 Å². The van der Waals surface area contributed by atoms with Gasteiger partial charge in [-0.05, 0) is 41.5 Å². The zero-order chi connectivity index (χ0) is 36.6. The lowest BCUT2D eigenvalue weighted by Gasteiger charge is -2.10. The largest absolute Gasteiger partial charge is 0.294 e. The Morgan fingerprint density at radius 1 is 0.309 bits per heavy atom. The van der Waals surface area contributed by atoms with Crippen molar-refractivity contribution < 1.29 is 0 Å². The standard InChI is InChI=1S/C49H32N6/c1-6-17-33(18-7-1)44-43-41-32-38(29-30-42(41)55(40-27-14-5-15-28-40)49(43)54-45(50-44)34-19-8-2-9-20-34)37-25-16-26-39(31-37)48-52-46(35-21-10-3-11-22-35)51-47(53-48)36-23-12-4-13-24-36/h1-32H. The third-order valence-corrected chi connectivity index (χ3v) is 9.86. The van der Waals surface area contributed by atoms with Gasteiger partial charge in [0.2, 0.25) is 0 Å². The van der Waals surface area contributed by atoms with Crippen LogP contribution in [0.1, 0.15) is 0 Å². The Bertz CT molecular complexity index is 2890. The number of nitrogens with zero attached hydrogens (tertiary/aromatic N) is 6. The van der Waals surface area contributed by atoms with Gasteiger partial charge in [0.15, 0.2) is 23.3 Å². The molecule has 0 aliphatic carbocycles. The molecule has 0 fully saturated rings. The van der Waals surface area contributed by atoms with Gasteiger partial charge in [0.25, 0.3) is 0 Å². The van der Waals surface area contributed by atoms with Gasteiger partial charge in [-0.25, -0.2) is 24.9 Å². The van der Waals surface area contributed by atoms with E-state index in [0.29, 0.717) is 23.3 Å². The third-order valence-electron chi connectivity index (χ3n) is 9.86. The first-order valence-electron chi connectivity index (χ1n) is 18.3. The molecule has 6 heteroatoms. The summed E-state index contributed by atoms with van der Waals surface area (Å²) in [4.78, 5) is 25.5. The van der Waals surface area contributed by atoms with Crippen LogP contribution in [0.15, 0.2) is 194 Å². The van der Waals surface area contributed by atoms with Crippen molar-refractivity contribution >= 4 is 21.9 Å². The highest BCUT2D eigenvalue weighted by molar-refractivity contribution is 6.15. The summed E-state index contributed by atoms with van der Waals surface area (Å²) in [6.45, 7) is 0. The number of aromatic nitrogens is 6. The molecule has 0 saturated carbocycles. The van der Waals surface area contributed by atoms with Crippen molar-refractivity contribution in [3.63, 3.8) is 0 Å². The smallest absolute Gasteiger partial charge is 0.164 e. The van der Waals surface area contributed by atoms with Gasteiger partial charge in [-0.1, -0.05) is 164 Å². The van der Waals surface area contributed by atoms with Crippen LogP contribution >= 0.6 is 0 Å². The molecule has 0 bridgehead atoms. The van der Waals surface area contributed by atoms with Gasteiger partial charge in [0.1, 0.15) is 5.65 Å². The molecule has 0 saturated heterocycles.